The molecule has 7 heteroatoms. The van der Waals surface area contributed by atoms with Gasteiger partial charge in [-0.05, 0) is 48.7 Å². The number of benzene rings is 1. The van der Waals surface area contributed by atoms with E-state index in [1.165, 1.54) is 0 Å². The van der Waals surface area contributed by atoms with Crippen molar-refractivity contribution in [2.24, 2.45) is 0 Å². The van der Waals surface area contributed by atoms with Gasteiger partial charge in [-0.2, -0.15) is 5.26 Å². The predicted octanol–water partition coefficient (Wildman–Crippen LogP) is 3.34. The molecule has 1 atom stereocenters. The van der Waals surface area contributed by atoms with Gasteiger partial charge in [0.1, 0.15) is 6.04 Å². The molecule has 2 heterocycles. The molecule has 27 heavy (non-hydrogen) atoms. The Hall–Kier alpha value is -3.66. The summed E-state index contributed by atoms with van der Waals surface area (Å²) >= 11 is 0. The highest BCUT2D eigenvalue weighted by Gasteiger charge is 2.38. The Balaban J connectivity index is 2.12. The van der Waals surface area contributed by atoms with Crippen LogP contribution < -0.4 is 10.6 Å². The summed E-state index contributed by atoms with van der Waals surface area (Å²) in [6, 6.07) is 11.5. The standard InChI is InChI=1S/C20H19N5O2/c1-3-23-19(26)25-18(17(12-21)13(2)24-20(25)27)16-6-4-5-15(11-16)14-7-9-22-10-8-14/h4-11,18H,3H2,1-2H3,(H,23,26)(H,24,27). The summed E-state index contributed by atoms with van der Waals surface area (Å²) in [4.78, 5) is 30.1. The van der Waals surface area contributed by atoms with Crippen molar-refractivity contribution in [3.8, 4) is 17.2 Å². The molecule has 1 aliphatic heterocycles. The van der Waals surface area contributed by atoms with E-state index in [1.54, 1.807) is 26.2 Å². The summed E-state index contributed by atoms with van der Waals surface area (Å²) in [5.74, 6) is 0. The maximum atomic E-state index is 12.5. The lowest BCUT2D eigenvalue weighted by Gasteiger charge is -2.35. The van der Waals surface area contributed by atoms with Gasteiger partial charge in [0.25, 0.3) is 0 Å². The van der Waals surface area contributed by atoms with Crippen LogP contribution >= 0.6 is 0 Å². The molecule has 136 valence electrons. The molecule has 7 nitrogen and oxygen atoms in total. The lowest BCUT2D eigenvalue weighted by atomic mass is 9.92. The number of nitrogens with zero attached hydrogens (tertiary/aromatic N) is 3. The minimum Gasteiger partial charge on any atom is -0.338 e. The van der Waals surface area contributed by atoms with Crippen LogP contribution in [0, 0.1) is 11.3 Å². The smallest absolute Gasteiger partial charge is 0.330 e. The highest BCUT2D eigenvalue weighted by molar-refractivity contribution is 5.96. The molecule has 0 radical (unpaired) electrons. The number of nitriles is 1. The van der Waals surface area contributed by atoms with Gasteiger partial charge in [0.2, 0.25) is 0 Å². The Bertz CT molecular complexity index is 946. The van der Waals surface area contributed by atoms with Crippen LogP contribution in [0.15, 0.2) is 60.1 Å². The number of aromatic nitrogens is 1. The number of carbonyl (C=O) groups excluding carboxylic acids is 2. The number of amides is 4. The molecule has 4 amide bonds. The molecule has 1 aliphatic rings. The second-order valence-corrected chi connectivity index (χ2v) is 6.05. The fourth-order valence-corrected chi connectivity index (χ4v) is 3.08. The Morgan fingerprint density at radius 1 is 1.30 bits per heavy atom. The van der Waals surface area contributed by atoms with Crippen LogP contribution in [-0.4, -0.2) is 28.5 Å². The zero-order valence-corrected chi connectivity index (χ0v) is 15.1. The number of allylic oxidation sites excluding steroid dienone is 1. The first-order chi connectivity index (χ1) is 13.1. The van der Waals surface area contributed by atoms with E-state index in [-0.39, 0.29) is 0 Å². The van der Waals surface area contributed by atoms with Gasteiger partial charge in [-0.15, -0.1) is 0 Å². The normalized spacial score (nSPS) is 16.6. The van der Waals surface area contributed by atoms with Crippen LogP contribution in [0.3, 0.4) is 0 Å². The van der Waals surface area contributed by atoms with E-state index in [0.717, 1.165) is 16.0 Å². The fourth-order valence-electron chi connectivity index (χ4n) is 3.08. The highest BCUT2D eigenvalue weighted by atomic mass is 16.2. The molecule has 2 N–H and O–H groups in total. The average Bonchev–Trinajstić information content (AvgIpc) is 2.68. The second kappa shape index (κ2) is 7.70. The monoisotopic (exact) mass is 361 g/mol. The third-order valence-electron chi connectivity index (χ3n) is 4.33. The van der Waals surface area contributed by atoms with Crippen LogP contribution in [0.25, 0.3) is 11.1 Å². The molecule has 0 fully saturated rings. The van der Waals surface area contributed by atoms with E-state index in [9.17, 15) is 14.9 Å². The number of urea groups is 2. The third kappa shape index (κ3) is 3.51. The Morgan fingerprint density at radius 2 is 2.04 bits per heavy atom. The number of hydrogen-bond acceptors (Lipinski definition) is 4. The minimum atomic E-state index is -0.794. The Morgan fingerprint density at radius 3 is 2.70 bits per heavy atom. The van der Waals surface area contributed by atoms with Crippen molar-refractivity contribution in [2.45, 2.75) is 19.9 Å². The summed E-state index contributed by atoms with van der Waals surface area (Å²) in [5.41, 5.74) is 3.32. The molecule has 1 aromatic carbocycles. The average molecular weight is 361 g/mol. The summed E-state index contributed by atoms with van der Waals surface area (Å²) in [6.07, 6.45) is 3.39. The number of nitrogens with one attached hydrogen (secondary N) is 2. The van der Waals surface area contributed by atoms with Crippen molar-refractivity contribution in [1.82, 2.24) is 20.5 Å². The van der Waals surface area contributed by atoms with Gasteiger partial charge in [-0.3, -0.25) is 4.98 Å². The maximum absolute atomic E-state index is 12.5. The van der Waals surface area contributed by atoms with E-state index in [0.29, 0.717) is 23.4 Å². The maximum Gasteiger partial charge on any atom is 0.330 e. The van der Waals surface area contributed by atoms with E-state index in [1.807, 2.05) is 36.4 Å². The lowest BCUT2D eigenvalue weighted by molar-refractivity contribution is 0.173. The SMILES string of the molecule is CCNC(=O)N1C(=O)NC(C)=C(C#N)C1c1cccc(-c2ccncc2)c1. The van der Waals surface area contributed by atoms with Crippen molar-refractivity contribution in [3.63, 3.8) is 0 Å². The van der Waals surface area contributed by atoms with Gasteiger partial charge in [-0.25, -0.2) is 14.5 Å². The highest BCUT2D eigenvalue weighted by Crippen LogP contribution is 2.35. The quantitative estimate of drug-likeness (QED) is 0.876. The van der Waals surface area contributed by atoms with E-state index >= 15 is 0 Å². The fraction of sp³-hybridized carbons (Fsp3) is 0.200. The molecule has 0 saturated carbocycles. The van der Waals surface area contributed by atoms with Crippen molar-refractivity contribution >= 4 is 12.1 Å². The predicted molar refractivity (Wildman–Crippen MR) is 100 cm³/mol. The van der Waals surface area contributed by atoms with Crippen molar-refractivity contribution in [1.29, 1.82) is 5.26 Å². The molecule has 3 rings (SSSR count). The van der Waals surface area contributed by atoms with Crippen molar-refractivity contribution < 1.29 is 9.59 Å². The first-order valence-electron chi connectivity index (χ1n) is 8.56. The third-order valence-corrected chi connectivity index (χ3v) is 4.33. The molecule has 0 saturated heterocycles. The number of pyridine rings is 1. The van der Waals surface area contributed by atoms with Gasteiger partial charge in [0.15, 0.2) is 0 Å². The van der Waals surface area contributed by atoms with Gasteiger partial charge >= 0.3 is 12.1 Å². The van der Waals surface area contributed by atoms with Gasteiger partial charge in [0.05, 0.1) is 11.6 Å². The topological polar surface area (TPSA) is 98.1 Å². The van der Waals surface area contributed by atoms with E-state index in [2.05, 4.69) is 21.7 Å². The van der Waals surface area contributed by atoms with Crippen LogP contribution in [0.2, 0.25) is 0 Å². The second-order valence-electron chi connectivity index (χ2n) is 6.05. The van der Waals surface area contributed by atoms with E-state index in [4.69, 9.17) is 0 Å². The zero-order chi connectivity index (χ0) is 19.4. The van der Waals surface area contributed by atoms with Crippen LogP contribution in [0.1, 0.15) is 25.5 Å². The summed E-state index contributed by atoms with van der Waals surface area (Å²) in [6.45, 7) is 3.80. The summed E-state index contributed by atoms with van der Waals surface area (Å²) < 4.78 is 0. The van der Waals surface area contributed by atoms with Gasteiger partial charge in [0, 0.05) is 24.6 Å². The molecular formula is C20H19N5O2. The van der Waals surface area contributed by atoms with Crippen LogP contribution in [0.5, 0.6) is 0 Å². The van der Waals surface area contributed by atoms with E-state index < -0.39 is 18.1 Å². The number of rotatable bonds is 3. The molecule has 0 bridgehead atoms. The lowest BCUT2D eigenvalue weighted by Crippen LogP contribution is -2.53. The molecule has 1 aromatic heterocycles. The zero-order valence-electron chi connectivity index (χ0n) is 15.1. The Labute approximate surface area is 157 Å². The molecule has 0 spiro atoms. The van der Waals surface area contributed by atoms with Crippen molar-refractivity contribution in [3.05, 3.63) is 65.6 Å². The summed E-state index contributed by atoms with van der Waals surface area (Å²) in [7, 11) is 0. The summed E-state index contributed by atoms with van der Waals surface area (Å²) in [5, 5.41) is 14.9. The number of hydrogen-bond donors (Lipinski definition) is 2. The first-order valence-corrected chi connectivity index (χ1v) is 8.56. The number of imide groups is 1. The number of carbonyl (C=O) groups is 2. The largest absolute Gasteiger partial charge is 0.338 e. The van der Waals surface area contributed by atoms with Crippen molar-refractivity contribution in [2.75, 3.05) is 6.54 Å². The molecular weight excluding hydrogens is 342 g/mol. The van der Waals surface area contributed by atoms with Gasteiger partial charge < -0.3 is 10.6 Å². The molecule has 1 unspecified atom stereocenters. The first kappa shape index (κ1) is 18.1. The Kier molecular flexibility index (Phi) is 5.18. The van der Waals surface area contributed by atoms with Crippen LogP contribution in [-0.2, 0) is 0 Å². The van der Waals surface area contributed by atoms with Gasteiger partial charge in [-0.1, -0.05) is 18.2 Å². The van der Waals surface area contributed by atoms with Crippen LogP contribution in [0.4, 0.5) is 9.59 Å². The molecule has 2 aromatic rings. The molecule has 0 aliphatic carbocycles. The minimum absolute atomic E-state index is 0.327.